The predicted molar refractivity (Wildman–Crippen MR) is 61.2 cm³/mol. The fourth-order valence-corrected chi connectivity index (χ4v) is 3.35. The summed E-state index contributed by atoms with van der Waals surface area (Å²) in [6.45, 7) is 0. The van der Waals surface area contributed by atoms with E-state index in [4.69, 9.17) is 11.6 Å². The molecule has 0 aliphatic heterocycles. The molecule has 14 heavy (non-hydrogen) atoms. The SMILES string of the molecule is OC1CCCCC(c2ccc(Cl)s2)C1. The Morgan fingerprint density at radius 2 is 2.07 bits per heavy atom. The van der Waals surface area contributed by atoms with Crippen LogP contribution in [0.4, 0.5) is 0 Å². The molecule has 2 unspecified atom stereocenters. The molecule has 1 N–H and O–H groups in total. The van der Waals surface area contributed by atoms with Crippen molar-refractivity contribution in [3.8, 4) is 0 Å². The van der Waals surface area contributed by atoms with Gasteiger partial charge in [0.05, 0.1) is 10.4 Å². The van der Waals surface area contributed by atoms with E-state index in [1.807, 2.05) is 6.07 Å². The lowest BCUT2D eigenvalue weighted by Gasteiger charge is -2.14. The molecule has 1 aliphatic carbocycles. The highest BCUT2D eigenvalue weighted by Crippen LogP contribution is 2.36. The summed E-state index contributed by atoms with van der Waals surface area (Å²) >= 11 is 7.57. The van der Waals surface area contributed by atoms with Crippen LogP contribution in [0.1, 0.15) is 42.9 Å². The van der Waals surface area contributed by atoms with Crippen molar-refractivity contribution in [2.24, 2.45) is 0 Å². The normalized spacial score (nSPS) is 28.7. The molecule has 1 aromatic heterocycles. The second kappa shape index (κ2) is 4.65. The quantitative estimate of drug-likeness (QED) is 0.728. The van der Waals surface area contributed by atoms with Crippen LogP contribution in [-0.2, 0) is 0 Å². The van der Waals surface area contributed by atoms with Crippen molar-refractivity contribution in [1.29, 1.82) is 0 Å². The standard InChI is InChI=1S/C11H15ClOS/c12-11-6-5-10(14-11)8-3-1-2-4-9(13)7-8/h5-6,8-9,13H,1-4,7H2. The predicted octanol–water partition coefficient (Wildman–Crippen LogP) is 3.81. The van der Waals surface area contributed by atoms with E-state index in [2.05, 4.69) is 6.07 Å². The first-order valence-electron chi connectivity index (χ1n) is 5.19. The Morgan fingerprint density at radius 3 is 2.79 bits per heavy atom. The van der Waals surface area contributed by atoms with Crippen LogP contribution < -0.4 is 0 Å². The number of aliphatic hydroxyl groups excluding tert-OH is 1. The van der Waals surface area contributed by atoms with Crippen molar-refractivity contribution in [3.05, 3.63) is 21.3 Å². The second-order valence-electron chi connectivity index (χ2n) is 4.01. The van der Waals surface area contributed by atoms with Gasteiger partial charge in [0.2, 0.25) is 0 Å². The van der Waals surface area contributed by atoms with Gasteiger partial charge >= 0.3 is 0 Å². The van der Waals surface area contributed by atoms with Gasteiger partial charge in [0.15, 0.2) is 0 Å². The molecule has 3 heteroatoms. The van der Waals surface area contributed by atoms with Gasteiger partial charge in [-0.2, -0.15) is 0 Å². The summed E-state index contributed by atoms with van der Waals surface area (Å²) in [7, 11) is 0. The van der Waals surface area contributed by atoms with Crippen molar-refractivity contribution in [2.45, 2.75) is 44.1 Å². The highest BCUT2D eigenvalue weighted by atomic mass is 35.5. The fourth-order valence-electron chi connectivity index (χ4n) is 2.14. The van der Waals surface area contributed by atoms with E-state index in [0.29, 0.717) is 5.92 Å². The van der Waals surface area contributed by atoms with Gasteiger partial charge in [0.1, 0.15) is 0 Å². The van der Waals surface area contributed by atoms with E-state index >= 15 is 0 Å². The van der Waals surface area contributed by atoms with Crippen molar-refractivity contribution >= 4 is 22.9 Å². The average molecular weight is 231 g/mol. The molecular weight excluding hydrogens is 216 g/mol. The van der Waals surface area contributed by atoms with Crippen LogP contribution in [0.15, 0.2) is 12.1 Å². The maximum absolute atomic E-state index is 9.70. The van der Waals surface area contributed by atoms with Crippen molar-refractivity contribution in [1.82, 2.24) is 0 Å². The number of hydrogen-bond acceptors (Lipinski definition) is 2. The number of hydrogen-bond donors (Lipinski definition) is 1. The average Bonchev–Trinajstić information content (AvgIpc) is 2.45. The monoisotopic (exact) mass is 230 g/mol. The molecule has 1 saturated carbocycles. The molecule has 1 heterocycles. The minimum atomic E-state index is -0.108. The molecule has 2 atom stereocenters. The van der Waals surface area contributed by atoms with E-state index < -0.39 is 0 Å². The smallest absolute Gasteiger partial charge is 0.0931 e. The number of thiophene rings is 1. The first kappa shape index (κ1) is 10.5. The van der Waals surface area contributed by atoms with Gasteiger partial charge in [-0.1, -0.05) is 24.4 Å². The summed E-state index contributed by atoms with van der Waals surface area (Å²) in [5.74, 6) is 0.532. The molecule has 78 valence electrons. The van der Waals surface area contributed by atoms with Crippen LogP contribution in [0.25, 0.3) is 0 Å². The summed E-state index contributed by atoms with van der Waals surface area (Å²) in [6, 6.07) is 4.06. The van der Waals surface area contributed by atoms with Crippen LogP contribution in [0.5, 0.6) is 0 Å². The molecule has 1 fully saturated rings. The molecule has 0 amide bonds. The Labute approximate surface area is 93.7 Å². The van der Waals surface area contributed by atoms with Gasteiger partial charge in [0, 0.05) is 4.88 Å². The fraction of sp³-hybridized carbons (Fsp3) is 0.636. The molecule has 0 bridgehead atoms. The zero-order chi connectivity index (χ0) is 9.97. The lowest BCUT2D eigenvalue weighted by atomic mass is 9.98. The van der Waals surface area contributed by atoms with Crippen LogP contribution in [0, 0.1) is 0 Å². The third kappa shape index (κ3) is 2.50. The first-order valence-corrected chi connectivity index (χ1v) is 6.38. The van der Waals surface area contributed by atoms with Crippen LogP contribution in [0.2, 0.25) is 4.34 Å². The second-order valence-corrected chi connectivity index (χ2v) is 5.76. The van der Waals surface area contributed by atoms with Gasteiger partial charge in [-0.05, 0) is 37.3 Å². The highest BCUT2D eigenvalue weighted by Gasteiger charge is 2.20. The van der Waals surface area contributed by atoms with Gasteiger partial charge < -0.3 is 5.11 Å². The minimum Gasteiger partial charge on any atom is -0.393 e. The molecular formula is C11H15ClOS. The summed E-state index contributed by atoms with van der Waals surface area (Å²) < 4.78 is 0.860. The zero-order valence-electron chi connectivity index (χ0n) is 8.08. The minimum absolute atomic E-state index is 0.108. The van der Waals surface area contributed by atoms with E-state index in [1.165, 1.54) is 17.7 Å². The topological polar surface area (TPSA) is 20.2 Å². The zero-order valence-corrected chi connectivity index (χ0v) is 9.65. The van der Waals surface area contributed by atoms with Crippen molar-refractivity contribution in [2.75, 3.05) is 0 Å². The van der Waals surface area contributed by atoms with Crippen molar-refractivity contribution in [3.63, 3.8) is 0 Å². The summed E-state index contributed by atoms with van der Waals surface area (Å²) in [4.78, 5) is 1.34. The first-order chi connectivity index (χ1) is 6.75. The Balaban J connectivity index is 2.08. The molecule has 1 nitrogen and oxygen atoms in total. The molecule has 0 radical (unpaired) electrons. The van der Waals surface area contributed by atoms with E-state index in [1.54, 1.807) is 11.3 Å². The van der Waals surface area contributed by atoms with E-state index in [-0.39, 0.29) is 6.10 Å². The Kier molecular flexibility index (Phi) is 3.47. The molecule has 0 aromatic carbocycles. The maximum atomic E-state index is 9.70. The Bertz CT molecular complexity index is 297. The Morgan fingerprint density at radius 1 is 1.29 bits per heavy atom. The summed E-state index contributed by atoms with van der Waals surface area (Å²) in [5.41, 5.74) is 0. The third-order valence-electron chi connectivity index (χ3n) is 2.89. The van der Waals surface area contributed by atoms with E-state index in [9.17, 15) is 5.11 Å². The van der Waals surface area contributed by atoms with Crippen LogP contribution >= 0.6 is 22.9 Å². The molecule has 0 saturated heterocycles. The Hall–Kier alpha value is -0.0500. The number of aliphatic hydroxyl groups is 1. The van der Waals surface area contributed by atoms with Crippen LogP contribution in [-0.4, -0.2) is 11.2 Å². The van der Waals surface area contributed by atoms with E-state index in [0.717, 1.165) is 23.6 Å². The molecule has 1 aliphatic rings. The number of halogens is 1. The third-order valence-corrected chi connectivity index (χ3v) is 4.29. The summed E-state index contributed by atoms with van der Waals surface area (Å²) in [5, 5.41) is 9.70. The molecule has 2 rings (SSSR count). The summed E-state index contributed by atoms with van der Waals surface area (Å²) in [6.07, 6.45) is 5.37. The van der Waals surface area contributed by atoms with Crippen LogP contribution in [0.3, 0.4) is 0 Å². The molecule has 0 spiro atoms. The van der Waals surface area contributed by atoms with Gasteiger partial charge in [-0.15, -0.1) is 11.3 Å². The maximum Gasteiger partial charge on any atom is 0.0931 e. The largest absolute Gasteiger partial charge is 0.393 e. The highest BCUT2D eigenvalue weighted by molar-refractivity contribution is 7.16. The molecule has 1 aromatic rings. The van der Waals surface area contributed by atoms with Gasteiger partial charge in [-0.25, -0.2) is 0 Å². The van der Waals surface area contributed by atoms with Gasteiger partial charge in [-0.3, -0.25) is 0 Å². The number of rotatable bonds is 1. The lowest BCUT2D eigenvalue weighted by Crippen LogP contribution is -2.08. The van der Waals surface area contributed by atoms with Gasteiger partial charge in [0.25, 0.3) is 0 Å². The lowest BCUT2D eigenvalue weighted by molar-refractivity contribution is 0.152. The van der Waals surface area contributed by atoms with Crippen molar-refractivity contribution < 1.29 is 5.11 Å².